The molecular formula is C18H26N2O3. The molecule has 1 saturated heterocycles. The molecule has 5 nitrogen and oxygen atoms in total. The second-order valence-corrected chi connectivity index (χ2v) is 6.20. The van der Waals surface area contributed by atoms with E-state index in [1.165, 1.54) is 0 Å². The lowest BCUT2D eigenvalue weighted by atomic mass is 9.94. The van der Waals surface area contributed by atoms with E-state index in [0.717, 1.165) is 51.0 Å². The summed E-state index contributed by atoms with van der Waals surface area (Å²) in [6, 6.07) is 7.08. The summed E-state index contributed by atoms with van der Waals surface area (Å²) < 4.78 is 0. The summed E-state index contributed by atoms with van der Waals surface area (Å²) in [6.07, 6.45) is 3.68. The van der Waals surface area contributed by atoms with Gasteiger partial charge in [-0.05, 0) is 31.4 Å². The fourth-order valence-corrected chi connectivity index (χ4v) is 3.11. The Morgan fingerprint density at radius 2 is 1.91 bits per heavy atom. The molecule has 1 aliphatic rings. The lowest BCUT2D eigenvalue weighted by Gasteiger charge is -2.35. The van der Waals surface area contributed by atoms with E-state index < -0.39 is 5.97 Å². The third-order valence-corrected chi connectivity index (χ3v) is 4.54. The van der Waals surface area contributed by atoms with Crippen molar-refractivity contribution in [2.45, 2.75) is 32.6 Å². The highest BCUT2D eigenvalue weighted by molar-refractivity contribution is 5.94. The summed E-state index contributed by atoms with van der Waals surface area (Å²) in [6.45, 7) is 4.39. The van der Waals surface area contributed by atoms with Crippen LogP contribution in [0.4, 0.5) is 5.69 Å². The quantitative estimate of drug-likeness (QED) is 0.876. The molecule has 0 saturated carbocycles. The van der Waals surface area contributed by atoms with E-state index in [4.69, 9.17) is 0 Å². The smallest absolute Gasteiger partial charge is 0.337 e. The molecule has 1 aromatic carbocycles. The number of carboxylic acids is 1. The Morgan fingerprint density at radius 3 is 2.52 bits per heavy atom. The molecule has 0 aliphatic carbocycles. The molecule has 23 heavy (non-hydrogen) atoms. The molecule has 0 radical (unpaired) electrons. The van der Waals surface area contributed by atoms with E-state index in [2.05, 4.69) is 11.8 Å². The van der Waals surface area contributed by atoms with Crippen LogP contribution in [0.1, 0.15) is 43.0 Å². The Hall–Kier alpha value is -2.04. The lowest BCUT2D eigenvalue weighted by molar-refractivity contribution is -0.134. The number of hydrogen-bond donors (Lipinski definition) is 1. The first-order valence-corrected chi connectivity index (χ1v) is 8.36. The first-order chi connectivity index (χ1) is 11.0. The lowest BCUT2D eigenvalue weighted by Crippen LogP contribution is -2.42. The van der Waals surface area contributed by atoms with E-state index in [0.29, 0.717) is 5.56 Å². The zero-order valence-electron chi connectivity index (χ0n) is 14.0. The standard InChI is InChI=1S/C18H26N2O3/c1-3-4-11-19(2)17(21)14-9-12-20(13-10-14)16-8-6-5-7-15(16)18(22)23/h5-8,14H,3-4,9-13H2,1-2H3,(H,22,23). The minimum atomic E-state index is -0.905. The van der Waals surface area contributed by atoms with Crippen LogP contribution in [-0.2, 0) is 4.79 Å². The van der Waals surface area contributed by atoms with Crippen LogP contribution in [0.3, 0.4) is 0 Å². The number of hydrogen-bond acceptors (Lipinski definition) is 3. The van der Waals surface area contributed by atoms with Gasteiger partial charge < -0.3 is 14.9 Å². The third-order valence-electron chi connectivity index (χ3n) is 4.54. The van der Waals surface area contributed by atoms with Gasteiger partial charge in [-0.15, -0.1) is 0 Å². The fourth-order valence-electron chi connectivity index (χ4n) is 3.11. The summed E-state index contributed by atoms with van der Waals surface area (Å²) in [5.41, 5.74) is 1.09. The van der Waals surface area contributed by atoms with Gasteiger partial charge in [-0.2, -0.15) is 0 Å². The monoisotopic (exact) mass is 318 g/mol. The Bertz CT molecular complexity index is 551. The zero-order chi connectivity index (χ0) is 16.8. The van der Waals surface area contributed by atoms with Crippen molar-refractivity contribution in [2.75, 3.05) is 31.6 Å². The molecule has 1 fully saturated rings. The molecule has 0 bridgehead atoms. The fraction of sp³-hybridized carbons (Fsp3) is 0.556. The SMILES string of the molecule is CCCCN(C)C(=O)C1CCN(c2ccccc2C(=O)O)CC1. The van der Waals surface area contributed by atoms with Crippen LogP contribution in [0, 0.1) is 5.92 Å². The van der Waals surface area contributed by atoms with Crippen molar-refractivity contribution >= 4 is 17.6 Å². The number of anilines is 1. The van der Waals surface area contributed by atoms with Gasteiger partial charge in [0.2, 0.25) is 5.91 Å². The van der Waals surface area contributed by atoms with Gasteiger partial charge in [-0.25, -0.2) is 4.79 Å². The van der Waals surface area contributed by atoms with Crippen LogP contribution < -0.4 is 4.90 Å². The summed E-state index contributed by atoms with van der Waals surface area (Å²) in [5, 5.41) is 9.30. The maximum atomic E-state index is 12.4. The Balaban J connectivity index is 1.96. The molecule has 1 heterocycles. The molecule has 5 heteroatoms. The molecule has 0 aromatic heterocycles. The molecule has 0 unspecified atom stereocenters. The van der Waals surface area contributed by atoms with Gasteiger partial charge in [0.15, 0.2) is 0 Å². The van der Waals surface area contributed by atoms with Crippen molar-refractivity contribution in [2.24, 2.45) is 5.92 Å². The molecule has 1 amide bonds. The van der Waals surface area contributed by atoms with Crippen LogP contribution in [-0.4, -0.2) is 48.6 Å². The first kappa shape index (κ1) is 17.3. The number of rotatable bonds is 6. The van der Waals surface area contributed by atoms with Crippen molar-refractivity contribution in [3.63, 3.8) is 0 Å². The number of aromatic carboxylic acids is 1. The van der Waals surface area contributed by atoms with Gasteiger partial charge in [0, 0.05) is 32.6 Å². The van der Waals surface area contributed by atoms with Gasteiger partial charge in [0.05, 0.1) is 11.3 Å². The van der Waals surface area contributed by atoms with Crippen LogP contribution in [0.5, 0.6) is 0 Å². The summed E-state index contributed by atoms with van der Waals surface area (Å²) in [7, 11) is 1.88. The van der Waals surface area contributed by atoms with Crippen LogP contribution in [0.15, 0.2) is 24.3 Å². The van der Waals surface area contributed by atoms with E-state index in [-0.39, 0.29) is 11.8 Å². The predicted molar refractivity (Wildman–Crippen MR) is 90.9 cm³/mol. The largest absolute Gasteiger partial charge is 0.478 e. The average Bonchev–Trinajstić information content (AvgIpc) is 2.59. The summed E-state index contributed by atoms with van der Waals surface area (Å²) >= 11 is 0. The molecule has 2 rings (SSSR count). The topological polar surface area (TPSA) is 60.9 Å². The van der Waals surface area contributed by atoms with E-state index in [1.807, 2.05) is 24.1 Å². The normalized spacial score (nSPS) is 15.5. The van der Waals surface area contributed by atoms with E-state index in [1.54, 1.807) is 12.1 Å². The number of benzene rings is 1. The maximum absolute atomic E-state index is 12.4. The van der Waals surface area contributed by atoms with E-state index in [9.17, 15) is 14.7 Å². The second-order valence-electron chi connectivity index (χ2n) is 6.20. The minimum absolute atomic E-state index is 0.0603. The number of unbranched alkanes of at least 4 members (excludes halogenated alkanes) is 1. The third kappa shape index (κ3) is 4.24. The van der Waals surface area contributed by atoms with Crippen molar-refractivity contribution in [1.82, 2.24) is 4.90 Å². The summed E-state index contributed by atoms with van der Waals surface area (Å²) in [4.78, 5) is 27.7. The predicted octanol–water partition coefficient (Wildman–Crippen LogP) is 2.86. The van der Waals surface area contributed by atoms with Crippen molar-refractivity contribution in [1.29, 1.82) is 0 Å². The molecule has 1 aliphatic heterocycles. The van der Waals surface area contributed by atoms with Gasteiger partial charge in [0.1, 0.15) is 0 Å². The molecule has 0 atom stereocenters. The highest BCUT2D eigenvalue weighted by Crippen LogP contribution is 2.27. The number of carbonyl (C=O) groups is 2. The first-order valence-electron chi connectivity index (χ1n) is 8.36. The molecule has 0 spiro atoms. The highest BCUT2D eigenvalue weighted by atomic mass is 16.4. The van der Waals surface area contributed by atoms with Crippen molar-refractivity contribution < 1.29 is 14.7 Å². The van der Waals surface area contributed by atoms with Gasteiger partial charge in [-0.3, -0.25) is 4.79 Å². The molecular weight excluding hydrogens is 292 g/mol. The van der Waals surface area contributed by atoms with Crippen LogP contribution >= 0.6 is 0 Å². The van der Waals surface area contributed by atoms with Gasteiger partial charge in [0.25, 0.3) is 0 Å². The van der Waals surface area contributed by atoms with Gasteiger partial charge >= 0.3 is 5.97 Å². The minimum Gasteiger partial charge on any atom is -0.478 e. The number of amides is 1. The van der Waals surface area contributed by atoms with Crippen LogP contribution in [0.25, 0.3) is 0 Å². The number of piperidine rings is 1. The van der Waals surface area contributed by atoms with Crippen LogP contribution in [0.2, 0.25) is 0 Å². The number of para-hydroxylation sites is 1. The molecule has 126 valence electrons. The molecule has 1 N–H and O–H groups in total. The maximum Gasteiger partial charge on any atom is 0.337 e. The Kier molecular flexibility index (Phi) is 6.02. The van der Waals surface area contributed by atoms with Gasteiger partial charge in [-0.1, -0.05) is 25.5 Å². The molecule has 1 aromatic rings. The zero-order valence-corrected chi connectivity index (χ0v) is 14.0. The Labute approximate surface area is 137 Å². The highest BCUT2D eigenvalue weighted by Gasteiger charge is 2.28. The average molecular weight is 318 g/mol. The number of carboxylic acid groups (broad SMARTS) is 1. The second kappa shape index (κ2) is 7.99. The Morgan fingerprint density at radius 1 is 1.26 bits per heavy atom. The summed E-state index contributed by atoms with van der Waals surface area (Å²) in [5.74, 6) is -0.618. The number of nitrogens with zero attached hydrogens (tertiary/aromatic N) is 2. The van der Waals surface area contributed by atoms with Crippen molar-refractivity contribution in [3.05, 3.63) is 29.8 Å². The number of carbonyl (C=O) groups excluding carboxylic acids is 1. The van der Waals surface area contributed by atoms with Crippen molar-refractivity contribution in [3.8, 4) is 0 Å². The van der Waals surface area contributed by atoms with E-state index >= 15 is 0 Å².